The van der Waals surface area contributed by atoms with Gasteiger partial charge in [0.2, 0.25) is 24.0 Å². The van der Waals surface area contributed by atoms with Crippen LogP contribution in [-0.2, 0) is 26.6 Å². The number of non-ortho nitro benzene ring substituents is 1. The maximum Gasteiger partial charge on any atom is 0.384 e. The largest absolute Gasteiger partial charge is 0.454 e. The summed E-state index contributed by atoms with van der Waals surface area (Å²) in [6.07, 6.45) is 0.226. The zero-order valence-electron chi connectivity index (χ0n) is 17.3. The molecule has 0 saturated heterocycles. The number of ether oxygens (including phenoxy) is 2. The smallest absolute Gasteiger partial charge is 0.384 e. The highest BCUT2D eigenvalue weighted by molar-refractivity contribution is 7.62. The Morgan fingerprint density at radius 3 is 2.47 bits per heavy atom. The second kappa shape index (κ2) is 8.99. The minimum absolute atomic E-state index is 0.0140. The van der Waals surface area contributed by atoms with E-state index in [0.29, 0.717) is 18.0 Å². The number of anilines is 1. The number of nitro groups is 1. The lowest BCUT2D eigenvalue weighted by Crippen LogP contribution is -2.15. The summed E-state index contributed by atoms with van der Waals surface area (Å²) in [4.78, 5) is 14.7. The van der Waals surface area contributed by atoms with Gasteiger partial charge in [0.15, 0.2) is 11.5 Å². The highest BCUT2D eigenvalue weighted by Crippen LogP contribution is 2.47. The van der Waals surface area contributed by atoms with Crippen molar-refractivity contribution in [3.05, 3.63) is 69.6 Å². The molecular formula is C20H20N3O8P. The third-order valence-electron chi connectivity index (χ3n) is 4.79. The van der Waals surface area contributed by atoms with Gasteiger partial charge in [-0.1, -0.05) is 18.2 Å². The predicted octanol–water partition coefficient (Wildman–Crippen LogP) is 3.63. The van der Waals surface area contributed by atoms with Crippen LogP contribution in [0.4, 0.5) is 11.6 Å². The molecule has 32 heavy (non-hydrogen) atoms. The fraction of sp³-hybridized carbons (Fsp3) is 0.250. The van der Waals surface area contributed by atoms with E-state index in [4.69, 9.17) is 22.9 Å². The van der Waals surface area contributed by atoms with E-state index in [0.717, 1.165) is 11.1 Å². The molecule has 3 aromatic rings. The molecule has 2 aromatic carbocycles. The van der Waals surface area contributed by atoms with Crippen molar-refractivity contribution in [1.82, 2.24) is 4.98 Å². The average molecular weight is 461 g/mol. The average Bonchev–Trinajstić information content (AvgIpc) is 3.44. The molecule has 0 amide bonds. The van der Waals surface area contributed by atoms with E-state index in [1.165, 1.54) is 26.4 Å². The van der Waals surface area contributed by atoms with Gasteiger partial charge in [-0.25, -0.2) is 4.98 Å². The van der Waals surface area contributed by atoms with Crippen molar-refractivity contribution >= 4 is 24.6 Å². The van der Waals surface area contributed by atoms with Crippen LogP contribution in [0, 0.1) is 10.1 Å². The molecule has 11 nitrogen and oxygen atoms in total. The Morgan fingerprint density at radius 1 is 1.09 bits per heavy atom. The van der Waals surface area contributed by atoms with E-state index in [1.54, 1.807) is 18.2 Å². The first-order valence-corrected chi connectivity index (χ1v) is 11.0. The molecule has 1 aromatic heterocycles. The lowest BCUT2D eigenvalue weighted by atomic mass is 10.1. The number of aromatic nitrogens is 1. The predicted molar refractivity (Wildman–Crippen MR) is 114 cm³/mol. The van der Waals surface area contributed by atoms with Crippen LogP contribution in [0.2, 0.25) is 0 Å². The van der Waals surface area contributed by atoms with Crippen molar-refractivity contribution in [2.45, 2.75) is 13.0 Å². The van der Waals surface area contributed by atoms with Crippen molar-refractivity contribution in [1.29, 1.82) is 0 Å². The van der Waals surface area contributed by atoms with Crippen LogP contribution >= 0.6 is 7.60 Å². The number of nitro benzene ring substituents is 1. The van der Waals surface area contributed by atoms with Crippen LogP contribution in [0.5, 0.6) is 11.5 Å². The minimum Gasteiger partial charge on any atom is -0.454 e. The van der Waals surface area contributed by atoms with Gasteiger partial charge >= 0.3 is 7.60 Å². The van der Waals surface area contributed by atoms with E-state index in [1.807, 2.05) is 12.1 Å². The first-order chi connectivity index (χ1) is 15.4. The zero-order valence-corrected chi connectivity index (χ0v) is 18.2. The summed E-state index contributed by atoms with van der Waals surface area (Å²) in [6.45, 7) is 0.499. The van der Waals surface area contributed by atoms with Gasteiger partial charge in [-0.15, -0.1) is 0 Å². The van der Waals surface area contributed by atoms with Crippen LogP contribution in [0.3, 0.4) is 0 Å². The Labute approximate surface area is 182 Å². The van der Waals surface area contributed by atoms with Crippen LogP contribution in [0.1, 0.15) is 17.0 Å². The van der Waals surface area contributed by atoms with Gasteiger partial charge in [-0.3, -0.25) is 14.7 Å². The number of oxazole rings is 1. The first-order valence-electron chi connectivity index (χ1n) is 9.49. The molecule has 0 fully saturated rings. The van der Waals surface area contributed by atoms with E-state index < -0.39 is 12.5 Å². The Bertz CT molecular complexity index is 1170. The van der Waals surface area contributed by atoms with Gasteiger partial charge in [-0.2, -0.15) is 0 Å². The summed E-state index contributed by atoms with van der Waals surface area (Å²) in [6, 6.07) is 11.5. The third kappa shape index (κ3) is 4.45. The Balaban J connectivity index is 1.57. The number of fused-ring (bicyclic) bond motifs is 1. The number of hydrogen-bond donors (Lipinski definition) is 1. The van der Waals surface area contributed by atoms with Crippen LogP contribution in [0.15, 0.2) is 46.9 Å². The van der Waals surface area contributed by atoms with Gasteiger partial charge in [0.25, 0.3) is 5.69 Å². The van der Waals surface area contributed by atoms with Gasteiger partial charge in [-0.05, 0) is 23.3 Å². The summed E-state index contributed by atoms with van der Waals surface area (Å²) < 4.78 is 39.7. The highest BCUT2D eigenvalue weighted by Gasteiger charge is 2.34. The molecule has 0 spiro atoms. The lowest BCUT2D eigenvalue weighted by molar-refractivity contribution is -0.384. The summed E-state index contributed by atoms with van der Waals surface area (Å²) in [5.41, 5.74) is 1.60. The van der Waals surface area contributed by atoms with Gasteiger partial charge in [0.05, 0.1) is 4.92 Å². The van der Waals surface area contributed by atoms with Gasteiger partial charge in [0.1, 0.15) is 0 Å². The molecule has 2 heterocycles. The number of hydrogen-bond acceptors (Lipinski definition) is 10. The molecule has 12 heteroatoms. The van der Waals surface area contributed by atoms with Crippen LogP contribution < -0.4 is 20.2 Å². The molecule has 0 saturated carbocycles. The van der Waals surface area contributed by atoms with Crippen molar-refractivity contribution in [2.75, 3.05) is 26.3 Å². The van der Waals surface area contributed by atoms with E-state index in [2.05, 4.69) is 10.3 Å². The molecule has 1 aliphatic heterocycles. The number of nitrogens with one attached hydrogen (secondary N) is 1. The molecule has 0 atom stereocenters. The zero-order chi connectivity index (χ0) is 22.7. The maximum absolute atomic E-state index is 13.0. The van der Waals surface area contributed by atoms with Crippen LogP contribution in [0.25, 0.3) is 0 Å². The fourth-order valence-corrected chi connectivity index (χ4v) is 4.22. The molecule has 0 aliphatic carbocycles. The molecule has 4 rings (SSSR count). The normalized spacial score (nSPS) is 12.7. The monoisotopic (exact) mass is 461 g/mol. The highest BCUT2D eigenvalue weighted by atomic mass is 31.2. The topological polar surface area (TPSA) is 135 Å². The Kier molecular flexibility index (Phi) is 6.13. The van der Waals surface area contributed by atoms with Crippen molar-refractivity contribution < 1.29 is 32.4 Å². The second-order valence-corrected chi connectivity index (χ2v) is 8.91. The SMILES string of the molecule is COP(=O)(OC)c1nc(Cc2ccc([N+](=O)[O-])cc2)oc1NCc1ccc2c(c1)OCO2. The minimum atomic E-state index is -3.71. The molecule has 168 valence electrons. The summed E-state index contributed by atoms with van der Waals surface area (Å²) in [5.74, 6) is 1.70. The van der Waals surface area contributed by atoms with Crippen molar-refractivity contribution in [3.63, 3.8) is 0 Å². The van der Waals surface area contributed by atoms with Crippen molar-refractivity contribution in [2.24, 2.45) is 0 Å². The van der Waals surface area contributed by atoms with Crippen molar-refractivity contribution in [3.8, 4) is 11.5 Å². The Morgan fingerprint density at radius 2 is 1.78 bits per heavy atom. The summed E-state index contributed by atoms with van der Waals surface area (Å²) in [5, 5.41) is 13.9. The summed E-state index contributed by atoms with van der Waals surface area (Å²) >= 11 is 0. The molecule has 0 unspecified atom stereocenters. The Hall–Kier alpha value is -3.40. The van der Waals surface area contributed by atoms with Crippen LogP contribution in [-0.4, -0.2) is 30.9 Å². The fourth-order valence-electron chi connectivity index (χ4n) is 3.12. The second-order valence-electron chi connectivity index (χ2n) is 6.76. The quantitative estimate of drug-likeness (QED) is 0.286. The third-order valence-corrected chi connectivity index (χ3v) is 6.57. The number of nitrogens with zero attached hydrogens (tertiary/aromatic N) is 2. The lowest BCUT2D eigenvalue weighted by Gasteiger charge is -2.12. The van der Waals surface area contributed by atoms with E-state index in [9.17, 15) is 14.7 Å². The number of benzene rings is 2. The molecular weight excluding hydrogens is 441 g/mol. The van der Waals surface area contributed by atoms with Gasteiger partial charge < -0.3 is 28.3 Å². The molecule has 1 aliphatic rings. The summed E-state index contributed by atoms with van der Waals surface area (Å²) in [7, 11) is -1.19. The number of rotatable bonds is 9. The first kappa shape index (κ1) is 21.8. The molecule has 0 radical (unpaired) electrons. The van der Waals surface area contributed by atoms with E-state index in [-0.39, 0.29) is 36.1 Å². The molecule has 1 N–H and O–H groups in total. The maximum atomic E-state index is 13.0. The molecule has 0 bridgehead atoms. The van der Waals surface area contributed by atoms with E-state index >= 15 is 0 Å². The standard InChI is InChI=1S/C20H20N3O8P/c1-27-32(26,28-2)20-19(21-11-14-5-8-16-17(9-14)30-12-29-16)31-18(22-20)10-13-3-6-15(7-4-13)23(24)25/h3-9,21H,10-12H2,1-2H3. The van der Waals surface area contributed by atoms with Gasteiger partial charge in [0, 0.05) is 39.3 Å².